The van der Waals surface area contributed by atoms with Gasteiger partial charge in [0.25, 0.3) is 5.91 Å². The molecule has 0 saturated heterocycles. The van der Waals surface area contributed by atoms with Crippen molar-refractivity contribution < 1.29 is 51.6 Å². The van der Waals surface area contributed by atoms with E-state index in [1.165, 1.54) is 32.3 Å². The number of carbonyl (C=O) groups is 3. The highest BCUT2D eigenvalue weighted by molar-refractivity contribution is 6.19. The number of anilines is 2. The van der Waals surface area contributed by atoms with Gasteiger partial charge in [-0.15, -0.1) is 21.8 Å². The summed E-state index contributed by atoms with van der Waals surface area (Å²) >= 11 is 6.48. The number of carbonyl (C=O) groups excluding carboxylic acids is 3. The Bertz CT molecular complexity index is 2480. The molecule has 4 heterocycles. The number of phenolic OH excluding ortho intramolecular Hbond substituents is 1. The monoisotopic (exact) mass is 752 g/mol. The lowest BCUT2D eigenvalue weighted by Crippen LogP contribution is -2.26. The minimum atomic E-state index is -5.01. The summed E-state index contributed by atoms with van der Waals surface area (Å²) in [6.45, 7) is 0. The number of aromatic amines is 2. The Hall–Kier alpha value is -6.23. The fraction of sp³-hybridized carbons (Fsp3) is 0.229. The van der Waals surface area contributed by atoms with Gasteiger partial charge in [0, 0.05) is 51.6 Å². The summed E-state index contributed by atoms with van der Waals surface area (Å²) in [5, 5.41) is 22.7. The molecule has 0 saturated carbocycles. The maximum Gasteiger partial charge on any atom is 0.432 e. The van der Waals surface area contributed by atoms with E-state index in [1.807, 2.05) is 0 Å². The van der Waals surface area contributed by atoms with Gasteiger partial charge in [-0.25, -0.2) is 4.79 Å². The number of hydrogen-bond acceptors (Lipinski definition) is 10. The van der Waals surface area contributed by atoms with Gasteiger partial charge in [-0.3, -0.25) is 9.59 Å². The molecule has 7 rings (SSSR count). The Morgan fingerprint density at radius 3 is 2.42 bits per heavy atom. The second kappa shape index (κ2) is 13.1. The minimum Gasteiger partial charge on any atom is -0.506 e. The number of nitrogens with zero attached hydrogens (tertiary/aromatic N) is 3. The van der Waals surface area contributed by atoms with Crippen molar-refractivity contribution in [3.63, 3.8) is 0 Å². The molecule has 0 aliphatic carbocycles. The van der Waals surface area contributed by atoms with Gasteiger partial charge in [0.1, 0.15) is 17.0 Å². The molecule has 6 aromatic rings. The Morgan fingerprint density at radius 2 is 1.77 bits per heavy atom. The quantitative estimate of drug-likeness (QED) is 0.0731. The maximum atomic E-state index is 14.1. The predicted octanol–water partition coefficient (Wildman–Crippen LogP) is 6.42. The van der Waals surface area contributed by atoms with E-state index in [0.717, 1.165) is 13.2 Å². The zero-order valence-electron chi connectivity index (χ0n) is 28.1. The fourth-order valence-electron chi connectivity index (χ4n) is 6.99. The first kappa shape index (κ1) is 35.2. The number of methoxy groups -OCH3 is 4. The highest BCUT2D eigenvalue weighted by Crippen LogP contribution is 2.55. The van der Waals surface area contributed by atoms with Gasteiger partial charge in [-0.1, -0.05) is 0 Å². The van der Waals surface area contributed by atoms with Gasteiger partial charge in [0.05, 0.1) is 56.6 Å². The van der Waals surface area contributed by atoms with Crippen LogP contribution in [0.1, 0.15) is 49.8 Å². The van der Waals surface area contributed by atoms with Gasteiger partial charge >= 0.3 is 12.1 Å². The van der Waals surface area contributed by atoms with Crippen LogP contribution >= 0.6 is 11.6 Å². The number of benzene rings is 3. The number of aromatic hydroxyl groups is 1. The average Bonchev–Trinajstić information content (AvgIpc) is 3.84. The number of aromatic nitrogens is 4. The molecule has 0 spiro atoms. The lowest BCUT2D eigenvalue weighted by Gasteiger charge is -2.23. The first-order valence-electron chi connectivity index (χ1n) is 15.7. The largest absolute Gasteiger partial charge is 0.506 e. The third kappa shape index (κ3) is 5.54. The van der Waals surface area contributed by atoms with Crippen LogP contribution in [0.5, 0.6) is 23.0 Å². The van der Waals surface area contributed by atoms with Crippen LogP contribution in [0.3, 0.4) is 0 Å². The number of ether oxygens (including phenoxy) is 4. The summed E-state index contributed by atoms with van der Waals surface area (Å²) in [7, 11) is 5.30. The van der Waals surface area contributed by atoms with Crippen LogP contribution < -0.4 is 24.4 Å². The zero-order valence-corrected chi connectivity index (χ0v) is 28.9. The van der Waals surface area contributed by atoms with Gasteiger partial charge < -0.3 is 44.2 Å². The molecule has 1 aliphatic heterocycles. The van der Waals surface area contributed by atoms with Gasteiger partial charge in [-0.2, -0.15) is 13.2 Å². The smallest absolute Gasteiger partial charge is 0.432 e. The molecule has 2 atom stereocenters. The molecule has 0 bridgehead atoms. The Balaban J connectivity index is 1.26. The van der Waals surface area contributed by atoms with E-state index in [4.69, 9.17) is 30.5 Å². The summed E-state index contributed by atoms with van der Waals surface area (Å²) in [6, 6.07) is 10.0. The third-order valence-corrected chi connectivity index (χ3v) is 9.53. The Labute approximate surface area is 301 Å². The summed E-state index contributed by atoms with van der Waals surface area (Å²) in [5.41, 5.74) is -0.604. The van der Waals surface area contributed by atoms with E-state index in [9.17, 15) is 32.7 Å². The van der Waals surface area contributed by atoms with E-state index >= 15 is 0 Å². The van der Waals surface area contributed by atoms with Gasteiger partial charge in [-0.05, 0) is 35.9 Å². The Kier molecular flexibility index (Phi) is 8.68. The lowest BCUT2D eigenvalue weighted by molar-refractivity contribution is -0.141. The Morgan fingerprint density at radius 1 is 1.02 bits per heavy atom. The number of nitrogens with one attached hydrogen (secondary N) is 3. The van der Waals surface area contributed by atoms with Crippen molar-refractivity contribution in [2.45, 2.75) is 18.1 Å². The number of fused-ring (bicyclic) bond motifs is 5. The SMILES string of the molecule is COC(=O)c1c(C(F)(F)F)[nH]c2c(O)cc3c(c12)[C@H](CCl)C(c1cc2cc(NC(=O)c4cc5c(OC)c(OC)c(OC)cc5nn4)ccc2[nH]1)N3C=O. The molecule has 1 aliphatic rings. The van der Waals surface area contributed by atoms with Crippen molar-refractivity contribution >= 4 is 74.0 Å². The summed E-state index contributed by atoms with van der Waals surface area (Å²) < 4.78 is 63.5. The van der Waals surface area contributed by atoms with Crippen LogP contribution in [0.2, 0.25) is 0 Å². The standard InChI is InChI=1S/C35H28ClF3N6O8/c1-50-24-10-19-16(30(51-2)31(24)52-3)9-21(44-43-19)33(48)40-15-5-6-18-14(7-15)8-20(41-18)29-17(12-36)25-22(45(29)13-46)11-23(47)28-26(25)27(34(49)53-4)32(42-28)35(37,38)39/h5-11,13,17,29,41-42,47H,12H2,1-4H3,(H,40,48)/t17-,29?/m0/s1. The number of hydrogen-bond donors (Lipinski definition) is 4. The number of phenols is 1. The van der Waals surface area contributed by atoms with Gasteiger partial charge in [0.15, 0.2) is 17.2 Å². The van der Waals surface area contributed by atoms with Crippen LogP contribution in [0.15, 0.2) is 42.5 Å². The van der Waals surface area contributed by atoms with Crippen molar-refractivity contribution in [3.8, 4) is 23.0 Å². The molecule has 274 valence electrons. The van der Waals surface area contributed by atoms with E-state index in [1.54, 1.807) is 30.3 Å². The highest BCUT2D eigenvalue weighted by Gasteiger charge is 2.46. The van der Waals surface area contributed by atoms with Crippen molar-refractivity contribution in [1.82, 2.24) is 20.2 Å². The topological polar surface area (TPSA) is 181 Å². The summed E-state index contributed by atoms with van der Waals surface area (Å²) in [4.78, 5) is 45.4. The van der Waals surface area contributed by atoms with Crippen molar-refractivity contribution in [1.29, 1.82) is 0 Å². The normalized spacial score (nSPS) is 15.5. The maximum absolute atomic E-state index is 14.1. The van der Waals surface area contributed by atoms with E-state index in [-0.39, 0.29) is 33.7 Å². The van der Waals surface area contributed by atoms with Crippen LogP contribution in [-0.2, 0) is 15.7 Å². The average molecular weight is 753 g/mol. The second-order valence-corrected chi connectivity index (χ2v) is 12.3. The van der Waals surface area contributed by atoms with Crippen molar-refractivity contribution in [3.05, 3.63) is 70.7 Å². The number of H-pyrrole nitrogens is 2. The molecule has 18 heteroatoms. The number of alkyl halides is 4. The zero-order chi connectivity index (χ0) is 37.9. The molecule has 0 radical (unpaired) electrons. The van der Waals surface area contributed by atoms with Crippen LogP contribution in [-0.4, -0.2) is 77.9 Å². The molecular weight excluding hydrogens is 725 g/mol. The molecule has 3 aromatic heterocycles. The van der Waals surface area contributed by atoms with E-state index in [0.29, 0.717) is 56.8 Å². The summed E-state index contributed by atoms with van der Waals surface area (Å²) in [6.07, 6.45) is -4.54. The third-order valence-electron chi connectivity index (χ3n) is 9.20. The first-order valence-corrected chi connectivity index (χ1v) is 16.2. The van der Waals surface area contributed by atoms with Crippen molar-refractivity contribution in [2.24, 2.45) is 0 Å². The van der Waals surface area contributed by atoms with Crippen LogP contribution in [0.25, 0.3) is 32.7 Å². The van der Waals surface area contributed by atoms with Gasteiger partial charge in [0.2, 0.25) is 12.2 Å². The molecule has 14 nitrogen and oxygen atoms in total. The fourth-order valence-corrected chi connectivity index (χ4v) is 7.31. The first-order chi connectivity index (χ1) is 25.4. The lowest BCUT2D eigenvalue weighted by atomic mass is 9.90. The molecule has 1 unspecified atom stereocenters. The predicted molar refractivity (Wildman–Crippen MR) is 186 cm³/mol. The van der Waals surface area contributed by atoms with Crippen LogP contribution in [0, 0.1) is 0 Å². The minimum absolute atomic E-state index is 0.0208. The number of halogens is 4. The molecular formula is C35H28ClF3N6O8. The second-order valence-electron chi connectivity index (χ2n) is 11.9. The molecule has 3 aromatic carbocycles. The molecule has 53 heavy (non-hydrogen) atoms. The van der Waals surface area contributed by atoms with Crippen molar-refractivity contribution in [2.75, 3.05) is 44.5 Å². The summed E-state index contributed by atoms with van der Waals surface area (Å²) in [5.74, 6) is -2.55. The van der Waals surface area contributed by atoms with E-state index in [2.05, 4.69) is 25.5 Å². The number of rotatable bonds is 9. The number of amides is 2. The van der Waals surface area contributed by atoms with Crippen LogP contribution in [0.4, 0.5) is 24.5 Å². The number of esters is 1. The van der Waals surface area contributed by atoms with E-state index < -0.39 is 47.0 Å². The highest BCUT2D eigenvalue weighted by atomic mass is 35.5. The molecule has 4 N–H and O–H groups in total. The molecule has 0 fully saturated rings. The molecule has 2 amide bonds.